The summed E-state index contributed by atoms with van der Waals surface area (Å²) in [6.07, 6.45) is 0. The summed E-state index contributed by atoms with van der Waals surface area (Å²) >= 11 is 0. The van der Waals surface area contributed by atoms with Gasteiger partial charge in [-0.1, -0.05) is 29.8 Å². The summed E-state index contributed by atoms with van der Waals surface area (Å²) in [6, 6.07) is 15.7. The second-order valence-corrected chi connectivity index (χ2v) is 8.70. The lowest BCUT2D eigenvalue weighted by Crippen LogP contribution is -2.38. The van der Waals surface area contributed by atoms with Crippen LogP contribution in [0.3, 0.4) is 0 Å². The number of nitrogens with one attached hydrogen (secondary N) is 1. The van der Waals surface area contributed by atoms with Gasteiger partial charge in [0.2, 0.25) is 5.91 Å². The molecule has 3 rings (SSSR count). The van der Waals surface area contributed by atoms with Gasteiger partial charge < -0.3 is 5.32 Å². The number of rotatable bonds is 6. The molecular formula is C22H20F2N2O3S. The van der Waals surface area contributed by atoms with Gasteiger partial charge in [-0.2, -0.15) is 0 Å². The van der Waals surface area contributed by atoms with Gasteiger partial charge in [-0.3, -0.25) is 9.10 Å². The highest BCUT2D eigenvalue weighted by molar-refractivity contribution is 7.92. The Morgan fingerprint density at radius 3 is 2.27 bits per heavy atom. The van der Waals surface area contributed by atoms with Crippen molar-refractivity contribution in [3.05, 3.63) is 89.5 Å². The van der Waals surface area contributed by atoms with E-state index in [1.54, 1.807) is 43.3 Å². The lowest BCUT2D eigenvalue weighted by atomic mass is 10.2. The molecule has 0 spiro atoms. The molecule has 156 valence electrons. The monoisotopic (exact) mass is 430 g/mol. The number of amides is 1. The van der Waals surface area contributed by atoms with Gasteiger partial charge in [-0.05, 0) is 55.8 Å². The molecule has 0 heterocycles. The highest BCUT2D eigenvalue weighted by Gasteiger charge is 2.27. The Kier molecular flexibility index (Phi) is 6.17. The second kappa shape index (κ2) is 8.62. The molecule has 0 atom stereocenters. The van der Waals surface area contributed by atoms with Crippen molar-refractivity contribution in [3.63, 3.8) is 0 Å². The minimum atomic E-state index is -4.07. The summed E-state index contributed by atoms with van der Waals surface area (Å²) in [5.41, 5.74) is 1.76. The molecule has 0 aliphatic carbocycles. The Balaban J connectivity index is 1.95. The van der Waals surface area contributed by atoms with Crippen LogP contribution in [0.5, 0.6) is 0 Å². The Hall–Kier alpha value is -3.26. The molecule has 5 nitrogen and oxygen atoms in total. The van der Waals surface area contributed by atoms with Gasteiger partial charge in [0.1, 0.15) is 18.2 Å². The maximum Gasteiger partial charge on any atom is 0.264 e. The SMILES string of the molecule is Cc1ccc(S(=O)(=O)N(CC(=O)Nc2ccc(F)cc2F)c2cccc(C)c2)cc1. The standard InChI is InChI=1S/C22H20F2N2O3S/c1-15-6-9-19(10-7-15)30(28,29)26(18-5-3-4-16(2)12-18)14-22(27)25-21-11-8-17(23)13-20(21)24/h3-13H,14H2,1-2H3,(H,25,27). The molecule has 30 heavy (non-hydrogen) atoms. The van der Waals surface area contributed by atoms with Crippen LogP contribution in [0.15, 0.2) is 71.6 Å². The number of benzene rings is 3. The predicted molar refractivity (Wildman–Crippen MR) is 112 cm³/mol. The second-order valence-electron chi connectivity index (χ2n) is 6.84. The molecule has 3 aromatic rings. The molecule has 0 aromatic heterocycles. The maximum absolute atomic E-state index is 13.9. The van der Waals surface area contributed by atoms with Crippen molar-refractivity contribution in [3.8, 4) is 0 Å². The van der Waals surface area contributed by atoms with Crippen LogP contribution >= 0.6 is 0 Å². The van der Waals surface area contributed by atoms with Crippen molar-refractivity contribution < 1.29 is 22.0 Å². The summed E-state index contributed by atoms with van der Waals surface area (Å²) < 4.78 is 54.5. The fraction of sp³-hybridized carbons (Fsp3) is 0.136. The van der Waals surface area contributed by atoms with E-state index in [0.29, 0.717) is 11.8 Å². The molecule has 0 bridgehead atoms. The average molecular weight is 430 g/mol. The molecule has 0 unspecified atom stereocenters. The Morgan fingerprint density at radius 2 is 1.63 bits per heavy atom. The summed E-state index contributed by atoms with van der Waals surface area (Å²) in [5, 5.41) is 2.30. The minimum absolute atomic E-state index is 0.0235. The van der Waals surface area contributed by atoms with E-state index in [0.717, 1.165) is 27.6 Å². The van der Waals surface area contributed by atoms with Crippen LogP contribution in [0.25, 0.3) is 0 Å². The number of hydrogen-bond donors (Lipinski definition) is 1. The Bertz CT molecular complexity index is 1180. The third-order valence-electron chi connectivity index (χ3n) is 4.39. The normalized spacial score (nSPS) is 11.2. The number of nitrogens with zero attached hydrogens (tertiary/aromatic N) is 1. The van der Waals surface area contributed by atoms with Crippen LogP contribution in [0.4, 0.5) is 20.2 Å². The molecule has 0 aliphatic heterocycles. The first-order valence-corrected chi connectivity index (χ1v) is 10.5. The van der Waals surface area contributed by atoms with Gasteiger partial charge in [0.15, 0.2) is 0 Å². The first kappa shape index (κ1) is 21.4. The average Bonchev–Trinajstić information content (AvgIpc) is 2.68. The van der Waals surface area contributed by atoms with Crippen LogP contribution in [0, 0.1) is 25.5 Å². The van der Waals surface area contributed by atoms with E-state index in [-0.39, 0.29) is 10.6 Å². The number of anilines is 2. The van der Waals surface area contributed by atoms with Crippen molar-refractivity contribution in [1.29, 1.82) is 0 Å². The largest absolute Gasteiger partial charge is 0.322 e. The lowest BCUT2D eigenvalue weighted by molar-refractivity contribution is -0.114. The number of carbonyl (C=O) groups excluding carboxylic acids is 1. The van der Waals surface area contributed by atoms with Gasteiger partial charge in [-0.25, -0.2) is 17.2 Å². The van der Waals surface area contributed by atoms with E-state index >= 15 is 0 Å². The molecule has 1 amide bonds. The van der Waals surface area contributed by atoms with Gasteiger partial charge in [-0.15, -0.1) is 0 Å². The van der Waals surface area contributed by atoms with Crippen molar-refractivity contribution >= 4 is 27.3 Å². The molecule has 0 radical (unpaired) electrons. The van der Waals surface area contributed by atoms with E-state index in [9.17, 15) is 22.0 Å². The van der Waals surface area contributed by atoms with Crippen LogP contribution in [0.2, 0.25) is 0 Å². The fourth-order valence-electron chi connectivity index (χ4n) is 2.85. The summed E-state index contributed by atoms with van der Waals surface area (Å²) in [5.74, 6) is -2.50. The van der Waals surface area contributed by atoms with E-state index < -0.39 is 34.1 Å². The van der Waals surface area contributed by atoms with Crippen LogP contribution in [-0.2, 0) is 14.8 Å². The van der Waals surface area contributed by atoms with Crippen molar-refractivity contribution in [2.75, 3.05) is 16.2 Å². The number of carbonyl (C=O) groups is 1. The van der Waals surface area contributed by atoms with Gasteiger partial charge in [0.25, 0.3) is 10.0 Å². The molecule has 0 saturated heterocycles. The van der Waals surface area contributed by atoms with Crippen molar-refractivity contribution in [1.82, 2.24) is 0 Å². The maximum atomic E-state index is 13.9. The Morgan fingerprint density at radius 1 is 0.933 bits per heavy atom. The molecule has 1 N–H and O–H groups in total. The summed E-state index contributed by atoms with van der Waals surface area (Å²) in [7, 11) is -4.07. The summed E-state index contributed by atoms with van der Waals surface area (Å²) in [6.45, 7) is 3.05. The van der Waals surface area contributed by atoms with E-state index in [2.05, 4.69) is 5.32 Å². The van der Waals surface area contributed by atoms with E-state index in [4.69, 9.17) is 0 Å². The highest BCUT2D eigenvalue weighted by atomic mass is 32.2. The zero-order valence-corrected chi connectivity index (χ0v) is 17.2. The topological polar surface area (TPSA) is 66.5 Å². The molecule has 0 aliphatic rings. The van der Waals surface area contributed by atoms with Crippen molar-refractivity contribution in [2.45, 2.75) is 18.7 Å². The van der Waals surface area contributed by atoms with Gasteiger partial charge in [0.05, 0.1) is 16.3 Å². The van der Waals surface area contributed by atoms with Crippen molar-refractivity contribution in [2.24, 2.45) is 0 Å². The van der Waals surface area contributed by atoms with E-state index in [1.165, 1.54) is 12.1 Å². The third kappa shape index (κ3) is 4.83. The third-order valence-corrected chi connectivity index (χ3v) is 6.18. The number of hydrogen-bond acceptors (Lipinski definition) is 3. The first-order chi connectivity index (χ1) is 14.2. The quantitative estimate of drug-likeness (QED) is 0.630. The van der Waals surface area contributed by atoms with Crippen LogP contribution in [-0.4, -0.2) is 20.9 Å². The highest BCUT2D eigenvalue weighted by Crippen LogP contribution is 2.25. The molecule has 0 saturated carbocycles. The fourth-order valence-corrected chi connectivity index (χ4v) is 4.26. The zero-order valence-electron chi connectivity index (χ0n) is 16.4. The number of halogens is 2. The van der Waals surface area contributed by atoms with Gasteiger partial charge in [0, 0.05) is 6.07 Å². The smallest absolute Gasteiger partial charge is 0.264 e. The summed E-state index contributed by atoms with van der Waals surface area (Å²) in [4.78, 5) is 12.6. The molecular weight excluding hydrogens is 410 g/mol. The Labute approximate surface area is 174 Å². The molecule has 3 aromatic carbocycles. The number of aryl methyl sites for hydroxylation is 2. The lowest BCUT2D eigenvalue weighted by Gasteiger charge is -2.24. The van der Waals surface area contributed by atoms with Crippen LogP contribution < -0.4 is 9.62 Å². The predicted octanol–water partition coefficient (Wildman–Crippen LogP) is 4.42. The minimum Gasteiger partial charge on any atom is -0.322 e. The van der Waals surface area contributed by atoms with Gasteiger partial charge >= 0.3 is 0 Å². The first-order valence-electron chi connectivity index (χ1n) is 9.08. The molecule has 0 fully saturated rings. The zero-order chi connectivity index (χ0) is 21.9. The van der Waals surface area contributed by atoms with Crippen LogP contribution in [0.1, 0.15) is 11.1 Å². The number of sulfonamides is 1. The molecule has 8 heteroatoms. The van der Waals surface area contributed by atoms with E-state index in [1.807, 2.05) is 6.92 Å².